The highest BCUT2D eigenvalue weighted by Gasteiger charge is 2.36. The summed E-state index contributed by atoms with van der Waals surface area (Å²) < 4.78 is 42.9. The first-order chi connectivity index (χ1) is 9.27. The summed E-state index contributed by atoms with van der Waals surface area (Å²) >= 11 is 0. The number of halogens is 3. The maximum atomic E-state index is 12.8. The van der Waals surface area contributed by atoms with Crippen molar-refractivity contribution >= 4 is 5.97 Å². The van der Waals surface area contributed by atoms with Gasteiger partial charge in [0.05, 0.1) is 24.7 Å². The van der Waals surface area contributed by atoms with Gasteiger partial charge in [-0.2, -0.15) is 13.2 Å². The SMILES string of the molecule is CCOC(=O)CC(O)C(O)c1ccccc1C(F)(F)F. The number of rotatable bonds is 5. The molecule has 0 aliphatic carbocycles. The van der Waals surface area contributed by atoms with E-state index < -0.39 is 41.9 Å². The molecule has 2 atom stereocenters. The minimum Gasteiger partial charge on any atom is -0.466 e. The van der Waals surface area contributed by atoms with Gasteiger partial charge in [0.2, 0.25) is 0 Å². The molecule has 0 radical (unpaired) electrons. The Bertz CT molecular complexity index is 459. The summed E-state index contributed by atoms with van der Waals surface area (Å²) in [7, 11) is 0. The molecular weight excluding hydrogens is 277 g/mol. The van der Waals surface area contributed by atoms with Crippen LogP contribution in [-0.4, -0.2) is 28.9 Å². The molecule has 2 N–H and O–H groups in total. The number of benzene rings is 1. The first-order valence-corrected chi connectivity index (χ1v) is 5.95. The second-order valence-corrected chi connectivity index (χ2v) is 4.11. The molecular formula is C13H15F3O4. The number of hydrogen-bond acceptors (Lipinski definition) is 4. The third-order valence-electron chi connectivity index (χ3n) is 2.63. The average molecular weight is 292 g/mol. The molecule has 4 nitrogen and oxygen atoms in total. The molecule has 20 heavy (non-hydrogen) atoms. The van der Waals surface area contributed by atoms with E-state index in [2.05, 4.69) is 4.74 Å². The summed E-state index contributed by atoms with van der Waals surface area (Å²) in [6, 6.07) is 4.35. The maximum absolute atomic E-state index is 12.8. The molecule has 0 fully saturated rings. The fourth-order valence-electron chi connectivity index (χ4n) is 1.72. The monoisotopic (exact) mass is 292 g/mol. The van der Waals surface area contributed by atoms with Crippen molar-refractivity contribution < 1.29 is 32.9 Å². The highest BCUT2D eigenvalue weighted by molar-refractivity contribution is 5.70. The van der Waals surface area contributed by atoms with E-state index in [4.69, 9.17) is 0 Å². The number of alkyl halides is 3. The fraction of sp³-hybridized carbons (Fsp3) is 0.462. The van der Waals surface area contributed by atoms with Gasteiger partial charge in [0.25, 0.3) is 0 Å². The van der Waals surface area contributed by atoms with Crippen molar-refractivity contribution in [1.82, 2.24) is 0 Å². The van der Waals surface area contributed by atoms with E-state index in [-0.39, 0.29) is 6.61 Å². The van der Waals surface area contributed by atoms with Crippen molar-refractivity contribution in [2.75, 3.05) is 6.61 Å². The van der Waals surface area contributed by atoms with Gasteiger partial charge in [0, 0.05) is 0 Å². The van der Waals surface area contributed by atoms with Gasteiger partial charge < -0.3 is 14.9 Å². The van der Waals surface area contributed by atoms with Crippen molar-refractivity contribution in [2.45, 2.75) is 31.7 Å². The van der Waals surface area contributed by atoms with Gasteiger partial charge >= 0.3 is 12.1 Å². The molecule has 0 spiro atoms. The Balaban J connectivity index is 2.92. The molecule has 0 heterocycles. The summed E-state index contributed by atoms with van der Waals surface area (Å²) in [6.45, 7) is 1.64. The van der Waals surface area contributed by atoms with Crippen molar-refractivity contribution in [3.05, 3.63) is 35.4 Å². The third-order valence-corrected chi connectivity index (χ3v) is 2.63. The molecule has 1 aromatic carbocycles. The normalized spacial score (nSPS) is 14.7. The Morgan fingerprint density at radius 1 is 1.30 bits per heavy atom. The van der Waals surface area contributed by atoms with Crippen molar-refractivity contribution in [1.29, 1.82) is 0 Å². The van der Waals surface area contributed by atoms with Crippen LogP contribution in [0.1, 0.15) is 30.6 Å². The van der Waals surface area contributed by atoms with Gasteiger partial charge in [-0.05, 0) is 18.6 Å². The summed E-state index contributed by atoms with van der Waals surface area (Å²) in [6.07, 6.45) is -8.72. The van der Waals surface area contributed by atoms with Crippen LogP contribution in [0.15, 0.2) is 24.3 Å². The summed E-state index contributed by atoms with van der Waals surface area (Å²) in [5.74, 6) is -0.788. The number of esters is 1. The number of ether oxygens (including phenoxy) is 1. The molecule has 0 amide bonds. The lowest BCUT2D eigenvalue weighted by molar-refractivity contribution is -0.147. The third kappa shape index (κ3) is 4.21. The molecule has 0 aromatic heterocycles. The van der Waals surface area contributed by atoms with Crippen LogP contribution in [0.3, 0.4) is 0 Å². The molecule has 2 unspecified atom stereocenters. The summed E-state index contributed by atoms with van der Waals surface area (Å²) in [5.41, 5.74) is -1.52. The predicted molar refractivity (Wildman–Crippen MR) is 63.7 cm³/mol. The predicted octanol–water partition coefficient (Wildman–Crippen LogP) is 2.05. The average Bonchev–Trinajstić information content (AvgIpc) is 2.37. The molecule has 0 saturated carbocycles. The lowest BCUT2D eigenvalue weighted by Crippen LogP contribution is -2.25. The Kier molecular flexibility index (Phi) is 5.52. The maximum Gasteiger partial charge on any atom is 0.416 e. The molecule has 7 heteroatoms. The van der Waals surface area contributed by atoms with E-state index in [9.17, 15) is 28.2 Å². The lowest BCUT2D eigenvalue weighted by atomic mass is 9.97. The van der Waals surface area contributed by atoms with Crippen molar-refractivity contribution in [2.24, 2.45) is 0 Å². The zero-order valence-corrected chi connectivity index (χ0v) is 10.7. The topological polar surface area (TPSA) is 66.8 Å². The van der Waals surface area contributed by atoms with Crippen LogP contribution in [-0.2, 0) is 15.7 Å². The number of carbonyl (C=O) groups excluding carboxylic acids is 1. The van der Waals surface area contributed by atoms with Crippen LogP contribution in [0.25, 0.3) is 0 Å². The molecule has 1 aromatic rings. The van der Waals surface area contributed by atoms with Gasteiger partial charge in [-0.15, -0.1) is 0 Å². The van der Waals surface area contributed by atoms with E-state index in [1.807, 2.05) is 0 Å². The second-order valence-electron chi connectivity index (χ2n) is 4.11. The van der Waals surface area contributed by atoms with Crippen LogP contribution >= 0.6 is 0 Å². The molecule has 0 aliphatic heterocycles. The molecule has 0 saturated heterocycles. The number of aliphatic hydroxyl groups excluding tert-OH is 2. The summed E-state index contributed by atoms with van der Waals surface area (Å²) in [4.78, 5) is 11.2. The first-order valence-electron chi connectivity index (χ1n) is 5.95. The Hall–Kier alpha value is -1.60. The lowest BCUT2D eigenvalue weighted by Gasteiger charge is -2.21. The molecule has 0 bridgehead atoms. The van der Waals surface area contributed by atoms with Gasteiger partial charge in [0.1, 0.15) is 6.10 Å². The minimum atomic E-state index is -4.65. The van der Waals surface area contributed by atoms with Gasteiger partial charge in [-0.1, -0.05) is 18.2 Å². The van der Waals surface area contributed by atoms with Crippen LogP contribution in [0.5, 0.6) is 0 Å². The Morgan fingerprint density at radius 2 is 1.90 bits per heavy atom. The second kappa shape index (κ2) is 6.71. The first kappa shape index (κ1) is 16.5. The van der Waals surface area contributed by atoms with Crippen molar-refractivity contribution in [3.8, 4) is 0 Å². The highest BCUT2D eigenvalue weighted by Crippen LogP contribution is 2.35. The van der Waals surface area contributed by atoms with E-state index in [0.717, 1.165) is 12.1 Å². The van der Waals surface area contributed by atoms with E-state index in [0.29, 0.717) is 0 Å². The standard InChI is InChI=1S/C13H15F3O4/c1-2-20-11(18)7-10(17)12(19)8-5-3-4-6-9(8)13(14,15)16/h3-6,10,12,17,19H,2,7H2,1H3. The zero-order chi connectivity index (χ0) is 15.3. The van der Waals surface area contributed by atoms with E-state index in [1.165, 1.54) is 12.1 Å². The van der Waals surface area contributed by atoms with Crippen LogP contribution in [0, 0.1) is 0 Å². The van der Waals surface area contributed by atoms with Gasteiger partial charge in [-0.25, -0.2) is 0 Å². The van der Waals surface area contributed by atoms with Crippen LogP contribution in [0.2, 0.25) is 0 Å². The number of aliphatic hydroxyl groups is 2. The molecule has 1 rings (SSSR count). The van der Waals surface area contributed by atoms with E-state index >= 15 is 0 Å². The van der Waals surface area contributed by atoms with Crippen LogP contribution in [0.4, 0.5) is 13.2 Å². The quantitative estimate of drug-likeness (QED) is 0.815. The van der Waals surface area contributed by atoms with Gasteiger partial charge in [0.15, 0.2) is 0 Å². The van der Waals surface area contributed by atoms with Gasteiger partial charge in [-0.3, -0.25) is 4.79 Å². The summed E-state index contributed by atoms with van der Waals surface area (Å²) in [5, 5.41) is 19.4. The minimum absolute atomic E-state index is 0.0841. The number of hydrogen-bond donors (Lipinski definition) is 2. The highest BCUT2D eigenvalue weighted by atomic mass is 19.4. The Morgan fingerprint density at radius 3 is 2.45 bits per heavy atom. The van der Waals surface area contributed by atoms with E-state index in [1.54, 1.807) is 6.92 Å². The molecule has 0 aliphatic rings. The van der Waals surface area contributed by atoms with Crippen LogP contribution < -0.4 is 0 Å². The zero-order valence-electron chi connectivity index (χ0n) is 10.7. The Labute approximate surface area is 113 Å². The van der Waals surface area contributed by atoms with Crippen molar-refractivity contribution in [3.63, 3.8) is 0 Å². The molecule has 112 valence electrons. The fourth-order valence-corrected chi connectivity index (χ4v) is 1.72. The smallest absolute Gasteiger partial charge is 0.416 e. The number of carbonyl (C=O) groups is 1. The largest absolute Gasteiger partial charge is 0.466 e.